The molecule has 1 fully saturated rings. The van der Waals surface area contributed by atoms with Crippen molar-refractivity contribution < 1.29 is 32.3 Å². The predicted molar refractivity (Wildman–Crippen MR) is 134 cm³/mol. The minimum Gasteiger partial charge on any atom is -0.387 e. The van der Waals surface area contributed by atoms with Gasteiger partial charge in [0.1, 0.15) is 30.2 Å². The Kier molecular flexibility index (Phi) is 11.0. The van der Waals surface area contributed by atoms with E-state index in [-0.39, 0.29) is 23.4 Å². The first-order chi connectivity index (χ1) is 17.7. The smallest absolute Gasteiger partial charge is 0.362 e. The monoisotopic (exact) mass is 543 g/mol. The van der Waals surface area contributed by atoms with Crippen LogP contribution in [0.5, 0.6) is 0 Å². The highest BCUT2D eigenvalue weighted by Gasteiger charge is 2.45. The lowest BCUT2D eigenvalue weighted by Gasteiger charge is -2.16. The lowest BCUT2D eigenvalue weighted by atomic mass is 10.1. The molecule has 1 aliphatic rings. The van der Waals surface area contributed by atoms with Crippen LogP contribution in [0.25, 0.3) is 11.2 Å². The maximum absolute atomic E-state index is 12.2. The molecular formula is C22H37N7O7S. The zero-order valence-electron chi connectivity index (χ0n) is 20.7. The second-order valence-electron chi connectivity index (χ2n) is 9.11. The van der Waals surface area contributed by atoms with Crippen molar-refractivity contribution in [3.63, 3.8) is 0 Å². The molecule has 0 bridgehead atoms. The number of carbonyl (C=O) groups excluding carboxylic acids is 1. The van der Waals surface area contributed by atoms with Gasteiger partial charge in [-0.05, 0) is 19.4 Å². The molecule has 2 aromatic heterocycles. The molecule has 0 radical (unpaired) electrons. The maximum Gasteiger partial charge on any atom is 0.362 e. The van der Waals surface area contributed by atoms with Crippen LogP contribution in [0.2, 0.25) is 0 Å². The number of aliphatic hydroxyl groups is 2. The van der Waals surface area contributed by atoms with E-state index in [4.69, 9.17) is 20.4 Å². The van der Waals surface area contributed by atoms with E-state index in [1.54, 1.807) is 0 Å². The normalized spacial score (nSPS) is 22.0. The molecule has 3 rings (SSSR count). The maximum atomic E-state index is 12.2. The topological polar surface area (TPSA) is 218 Å². The van der Waals surface area contributed by atoms with Crippen LogP contribution >= 0.6 is 0 Å². The number of hydrogen-bond acceptors (Lipinski definition) is 12. The number of unbranched alkanes of at least 4 members (excludes halogenated alkanes) is 8. The molecule has 1 aliphatic heterocycles. The molecule has 4 atom stereocenters. The van der Waals surface area contributed by atoms with Gasteiger partial charge in [0.25, 0.3) is 0 Å². The van der Waals surface area contributed by atoms with Gasteiger partial charge in [-0.1, -0.05) is 44.9 Å². The van der Waals surface area contributed by atoms with Crippen molar-refractivity contribution in [1.82, 2.24) is 24.2 Å². The zero-order valence-corrected chi connectivity index (χ0v) is 21.6. The zero-order chi connectivity index (χ0) is 26.8. The average molecular weight is 544 g/mol. The van der Waals surface area contributed by atoms with Gasteiger partial charge < -0.3 is 26.4 Å². The molecule has 7 N–H and O–H groups in total. The Balaban J connectivity index is 1.38. The summed E-state index contributed by atoms with van der Waals surface area (Å²) in [6.45, 7) is 0.117. The van der Waals surface area contributed by atoms with Gasteiger partial charge in [0.15, 0.2) is 17.7 Å². The number of carbonyl (C=O) groups is 1. The lowest BCUT2D eigenvalue weighted by Crippen LogP contribution is -2.37. The second kappa shape index (κ2) is 13.9. The largest absolute Gasteiger partial charge is 0.387 e. The second-order valence-corrected chi connectivity index (χ2v) is 10.5. The first-order valence-corrected chi connectivity index (χ1v) is 14.0. The first kappa shape index (κ1) is 29.1. The quantitative estimate of drug-likeness (QED) is 0.180. The van der Waals surface area contributed by atoms with E-state index in [0.717, 1.165) is 45.1 Å². The van der Waals surface area contributed by atoms with Crippen molar-refractivity contribution in [2.45, 2.75) is 88.7 Å². The molecule has 0 unspecified atom stereocenters. The highest BCUT2D eigenvalue weighted by molar-refractivity contribution is 7.85. The number of anilines is 1. The summed E-state index contributed by atoms with van der Waals surface area (Å²) >= 11 is 0. The Morgan fingerprint density at radius 3 is 2.35 bits per heavy atom. The van der Waals surface area contributed by atoms with E-state index in [2.05, 4.69) is 15.0 Å². The summed E-state index contributed by atoms with van der Waals surface area (Å²) in [5, 5.41) is 20.8. The molecular weight excluding hydrogens is 506 g/mol. The van der Waals surface area contributed by atoms with Crippen molar-refractivity contribution >= 4 is 33.2 Å². The molecule has 208 valence electrons. The number of hydrogen-bond donors (Lipinski definition) is 5. The van der Waals surface area contributed by atoms with Crippen LogP contribution in [-0.2, 0) is 24.0 Å². The van der Waals surface area contributed by atoms with Crippen molar-refractivity contribution in [1.29, 1.82) is 0 Å². The number of nitrogens with zero attached hydrogens (tertiary/aromatic N) is 4. The molecule has 14 nitrogen and oxygen atoms in total. The van der Waals surface area contributed by atoms with Crippen LogP contribution in [0.15, 0.2) is 12.7 Å². The number of ether oxygens (including phenoxy) is 1. The van der Waals surface area contributed by atoms with Gasteiger partial charge in [-0.2, -0.15) is 8.42 Å². The van der Waals surface area contributed by atoms with E-state index in [9.17, 15) is 23.4 Å². The van der Waals surface area contributed by atoms with Crippen LogP contribution in [0.1, 0.15) is 70.4 Å². The number of aromatic nitrogens is 4. The molecule has 0 aliphatic carbocycles. The molecule has 37 heavy (non-hydrogen) atoms. The number of nitrogens with one attached hydrogen (secondary N) is 1. The fourth-order valence-electron chi connectivity index (χ4n) is 4.20. The Hall–Kier alpha value is -2.43. The minimum absolute atomic E-state index is 0.0567. The van der Waals surface area contributed by atoms with E-state index >= 15 is 0 Å². The van der Waals surface area contributed by atoms with Gasteiger partial charge in [-0.25, -0.2) is 19.7 Å². The highest BCUT2D eigenvalue weighted by Crippen LogP contribution is 2.32. The highest BCUT2D eigenvalue weighted by atomic mass is 32.2. The molecule has 15 heteroatoms. The Morgan fingerprint density at radius 2 is 1.68 bits per heavy atom. The van der Waals surface area contributed by atoms with E-state index in [0.29, 0.717) is 6.42 Å². The molecule has 2 aromatic rings. The standard InChI is InChI=1S/C22H37N7O7S/c23-11-9-7-5-3-1-2-4-6-8-10-16(30)28-37(33,34)35-12-15-18(31)19(32)22(36-15)29-14-27-17-20(24)25-13-26-21(17)29/h13-15,18-19,22,31-32H,1-12,23H2,(H,28,30)(H2,24,25,26)/t15-,18-,19-,22-/m1/s1. The van der Waals surface area contributed by atoms with Gasteiger partial charge in [0.05, 0.1) is 12.9 Å². The van der Waals surface area contributed by atoms with E-state index < -0.39 is 47.4 Å². The van der Waals surface area contributed by atoms with Crippen molar-refractivity contribution in [2.24, 2.45) is 5.73 Å². The van der Waals surface area contributed by atoms with E-state index in [1.807, 2.05) is 4.72 Å². The summed E-state index contributed by atoms with van der Waals surface area (Å²) in [5.41, 5.74) is 11.8. The van der Waals surface area contributed by atoms with Crippen molar-refractivity contribution in [2.75, 3.05) is 18.9 Å². The van der Waals surface area contributed by atoms with Gasteiger partial charge in [0.2, 0.25) is 5.91 Å². The SMILES string of the molecule is NCCCCCCCCCCCC(=O)NS(=O)(=O)OC[C@H]1O[C@@H](n2cnc3c(N)ncnc32)[C@H](O)[C@@H]1O. The molecule has 1 amide bonds. The van der Waals surface area contributed by atoms with Crippen LogP contribution in [0.3, 0.4) is 0 Å². The first-order valence-electron chi connectivity index (χ1n) is 12.6. The fourth-order valence-corrected chi connectivity index (χ4v) is 4.95. The van der Waals surface area contributed by atoms with Crippen LogP contribution in [-0.4, -0.2) is 75.5 Å². The summed E-state index contributed by atoms with van der Waals surface area (Å²) in [4.78, 5) is 24.0. The van der Waals surface area contributed by atoms with Gasteiger partial charge in [0, 0.05) is 6.42 Å². The van der Waals surface area contributed by atoms with Crippen molar-refractivity contribution in [3.05, 3.63) is 12.7 Å². The summed E-state index contributed by atoms with van der Waals surface area (Å²) in [6.07, 6.45) is 6.58. The van der Waals surface area contributed by atoms with Crippen LogP contribution < -0.4 is 16.2 Å². The summed E-state index contributed by atoms with van der Waals surface area (Å²) in [6, 6.07) is 0. The Morgan fingerprint density at radius 1 is 1.03 bits per heavy atom. The third kappa shape index (κ3) is 8.28. The Labute approximate surface area is 216 Å². The van der Waals surface area contributed by atoms with Crippen LogP contribution in [0, 0.1) is 0 Å². The number of fused-ring (bicyclic) bond motifs is 1. The summed E-state index contributed by atoms with van der Waals surface area (Å²) < 4.78 is 38.1. The number of nitrogens with two attached hydrogens (primary N) is 2. The predicted octanol–water partition coefficient (Wildman–Crippen LogP) is 0.265. The number of aliphatic hydroxyl groups excluding tert-OH is 2. The van der Waals surface area contributed by atoms with Gasteiger partial charge in [-0.15, -0.1) is 0 Å². The number of rotatable bonds is 16. The third-order valence-corrected chi connectivity index (χ3v) is 7.16. The molecule has 1 saturated heterocycles. The molecule has 0 saturated carbocycles. The third-order valence-electron chi connectivity index (χ3n) is 6.23. The van der Waals surface area contributed by atoms with Gasteiger partial charge in [-0.3, -0.25) is 13.5 Å². The molecule has 0 aromatic carbocycles. The molecule has 0 spiro atoms. The minimum atomic E-state index is -4.42. The lowest BCUT2D eigenvalue weighted by molar-refractivity contribution is -0.119. The average Bonchev–Trinajstić information content (AvgIpc) is 3.40. The summed E-state index contributed by atoms with van der Waals surface area (Å²) in [5.74, 6) is -0.540. The Bertz CT molecular complexity index is 1110. The number of nitrogen functional groups attached to an aromatic ring is 1. The summed E-state index contributed by atoms with van der Waals surface area (Å²) in [7, 11) is -4.42. The van der Waals surface area contributed by atoms with Crippen molar-refractivity contribution in [3.8, 4) is 0 Å². The van der Waals surface area contributed by atoms with E-state index in [1.165, 1.54) is 30.1 Å². The van der Waals surface area contributed by atoms with Gasteiger partial charge >= 0.3 is 10.3 Å². The molecule has 3 heterocycles. The van der Waals surface area contributed by atoms with Crippen LogP contribution in [0.4, 0.5) is 5.82 Å². The number of imidazole rings is 1. The fraction of sp³-hybridized carbons (Fsp3) is 0.727. The number of amides is 1.